The van der Waals surface area contributed by atoms with Crippen molar-refractivity contribution >= 4 is 10.0 Å². The lowest BCUT2D eigenvalue weighted by Crippen LogP contribution is -2.40. The maximum atomic E-state index is 12.1. The first-order valence-corrected chi connectivity index (χ1v) is 8.70. The Morgan fingerprint density at radius 2 is 1.76 bits per heavy atom. The summed E-state index contributed by atoms with van der Waals surface area (Å²) < 4.78 is 32.4. The van der Waals surface area contributed by atoms with Crippen molar-refractivity contribution in [3.05, 3.63) is 24.3 Å². The summed E-state index contributed by atoms with van der Waals surface area (Å²) in [6, 6.07) is 6.50. The topological polar surface area (TPSA) is 67.4 Å². The maximum absolute atomic E-state index is 12.1. The standard InChI is InChI=1S/C15H26N2O3S/c1-5-16-11-6-12-20-13-7-9-14(10-8-13)21(18,19)17-15(2,3)4/h7-10,16-17H,5-6,11-12H2,1-4H3. The van der Waals surface area contributed by atoms with Crippen LogP contribution >= 0.6 is 0 Å². The Morgan fingerprint density at radius 3 is 2.29 bits per heavy atom. The van der Waals surface area contributed by atoms with E-state index in [2.05, 4.69) is 17.0 Å². The summed E-state index contributed by atoms with van der Waals surface area (Å²) in [6.07, 6.45) is 0.916. The van der Waals surface area contributed by atoms with Gasteiger partial charge in [0.25, 0.3) is 0 Å². The minimum absolute atomic E-state index is 0.248. The average Bonchev–Trinajstić information content (AvgIpc) is 2.36. The van der Waals surface area contributed by atoms with Crippen molar-refractivity contribution in [3.8, 4) is 5.75 Å². The summed E-state index contributed by atoms with van der Waals surface area (Å²) in [5, 5.41) is 3.22. The Balaban J connectivity index is 2.57. The fourth-order valence-electron chi connectivity index (χ4n) is 1.74. The van der Waals surface area contributed by atoms with Gasteiger partial charge in [-0.2, -0.15) is 0 Å². The van der Waals surface area contributed by atoms with Gasteiger partial charge in [0, 0.05) is 5.54 Å². The number of rotatable bonds is 8. The van der Waals surface area contributed by atoms with Crippen LogP contribution < -0.4 is 14.8 Å². The fourth-order valence-corrected chi connectivity index (χ4v) is 3.16. The Bertz CT molecular complexity index is 519. The highest BCUT2D eigenvalue weighted by Gasteiger charge is 2.21. The number of nitrogens with one attached hydrogen (secondary N) is 2. The van der Waals surface area contributed by atoms with Crippen molar-refractivity contribution in [1.29, 1.82) is 0 Å². The van der Waals surface area contributed by atoms with Crippen molar-refractivity contribution in [3.63, 3.8) is 0 Å². The van der Waals surface area contributed by atoms with Gasteiger partial charge >= 0.3 is 0 Å². The predicted molar refractivity (Wildman–Crippen MR) is 85.2 cm³/mol. The smallest absolute Gasteiger partial charge is 0.241 e. The molecule has 0 aliphatic carbocycles. The molecule has 0 aromatic heterocycles. The van der Waals surface area contributed by atoms with Crippen LogP contribution in [0.25, 0.3) is 0 Å². The molecule has 0 saturated heterocycles. The average molecular weight is 314 g/mol. The van der Waals surface area contributed by atoms with E-state index in [1.807, 2.05) is 20.8 Å². The summed E-state index contributed by atoms with van der Waals surface area (Å²) in [7, 11) is -3.48. The Kier molecular flexibility index (Phi) is 6.64. The lowest BCUT2D eigenvalue weighted by molar-refractivity contribution is 0.308. The second kappa shape index (κ2) is 7.77. The molecule has 0 radical (unpaired) electrons. The lowest BCUT2D eigenvalue weighted by Gasteiger charge is -2.20. The highest BCUT2D eigenvalue weighted by molar-refractivity contribution is 7.89. The summed E-state index contributed by atoms with van der Waals surface area (Å²) in [5.41, 5.74) is -0.500. The maximum Gasteiger partial charge on any atom is 0.241 e. The SMILES string of the molecule is CCNCCCOc1ccc(S(=O)(=O)NC(C)(C)C)cc1. The second-order valence-corrected chi connectivity index (χ2v) is 7.56. The van der Waals surface area contributed by atoms with E-state index in [0.29, 0.717) is 12.4 Å². The molecule has 5 nitrogen and oxygen atoms in total. The first kappa shape index (κ1) is 17.9. The minimum Gasteiger partial charge on any atom is -0.494 e. The summed E-state index contributed by atoms with van der Waals surface area (Å²) in [5.74, 6) is 0.682. The van der Waals surface area contributed by atoms with Crippen LogP contribution in [0.3, 0.4) is 0 Å². The molecule has 0 fully saturated rings. The largest absolute Gasteiger partial charge is 0.494 e. The second-order valence-electron chi connectivity index (χ2n) is 5.88. The number of hydrogen-bond acceptors (Lipinski definition) is 4. The van der Waals surface area contributed by atoms with Crippen molar-refractivity contribution in [2.75, 3.05) is 19.7 Å². The van der Waals surface area contributed by atoms with Crippen LogP contribution in [-0.2, 0) is 10.0 Å². The molecule has 1 rings (SSSR count). The van der Waals surface area contributed by atoms with Crippen LogP contribution in [0.5, 0.6) is 5.75 Å². The van der Waals surface area contributed by atoms with E-state index in [9.17, 15) is 8.42 Å². The molecular weight excluding hydrogens is 288 g/mol. The molecule has 0 spiro atoms. The van der Waals surface area contributed by atoms with Gasteiger partial charge in [0.15, 0.2) is 0 Å². The zero-order chi connectivity index (χ0) is 15.9. The number of benzene rings is 1. The molecule has 0 aliphatic heterocycles. The molecule has 0 heterocycles. The van der Waals surface area contributed by atoms with E-state index < -0.39 is 15.6 Å². The number of hydrogen-bond donors (Lipinski definition) is 2. The molecule has 120 valence electrons. The van der Waals surface area contributed by atoms with Crippen molar-refractivity contribution < 1.29 is 13.2 Å². The molecule has 1 aromatic rings. The molecule has 0 aliphatic rings. The Morgan fingerprint density at radius 1 is 1.14 bits per heavy atom. The van der Waals surface area contributed by atoms with Gasteiger partial charge in [-0.25, -0.2) is 13.1 Å². The Labute approximate surface area is 128 Å². The Hall–Kier alpha value is -1.11. The van der Waals surface area contributed by atoms with Crippen LogP contribution in [0, 0.1) is 0 Å². The normalized spacial score (nSPS) is 12.4. The molecule has 21 heavy (non-hydrogen) atoms. The summed E-state index contributed by atoms with van der Waals surface area (Å²) in [6.45, 7) is 9.97. The highest BCUT2D eigenvalue weighted by Crippen LogP contribution is 2.17. The molecule has 0 amide bonds. The molecular formula is C15H26N2O3S. The van der Waals surface area contributed by atoms with Crippen LogP contribution in [0.1, 0.15) is 34.1 Å². The van der Waals surface area contributed by atoms with E-state index >= 15 is 0 Å². The lowest BCUT2D eigenvalue weighted by atomic mass is 10.1. The van der Waals surface area contributed by atoms with Crippen LogP contribution in [-0.4, -0.2) is 33.7 Å². The third-order valence-corrected chi connectivity index (χ3v) is 4.37. The first-order valence-electron chi connectivity index (χ1n) is 7.22. The van der Waals surface area contributed by atoms with Crippen LogP contribution in [0.4, 0.5) is 0 Å². The van der Waals surface area contributed by atoms with E-state index in [0.717, 1.165) is 19.5 Å². The molecule has 1 aromatic carbocycles. The molecule has 6 heteroatoms. The minimum atomic E-state index is -3.48. The van der Waals surface area contributed by atoms with Gasteiger partial charge in [0.1, 0.15) is 5.75 Å². The van der Waals surface area contributed by atoms with Gasteiger partial charge in [-0.1, -0.05) is 6.92 Å². The third-order valence-electron chi connectivity index (χ3n) is 2.59. The van der Waals surface area contributed by atoms with E-state index in [-0.39, 0.29) is 4.90 Å². The molecule has 2 N–H and O–H groups in total. The van der Waals surface area contributed by atoms with Gasteiger partial charge in [-0.05, 0) is 64.5 Å². The van der Waals surface area contributed by atoms with Crippen LogP contribution in [0.2, 0.25) is 0 Å². The number of sulfonamides is 1. The van der Waals surface area contributed by atoms with Gasteiger partial charge in [-0.15, -0.1) is 0 Å². The zero-order valence-corrected chi connectivity index (χ0v) is 14.1. The highest BCUT2D eigenvalue weighted by atomic mass is 32.2. The monoisotopic (exact) mass is 314 g/mol. The van der Waals surface area contributed by atoms with Gasteiger partial charge < -0.3 is 10.1 Å². The third kappa shape index (κ3) is 6.93. The van der Waals surface area contributed by atoms with E-state index in [1.54, 1.807) is 24.3 Å². The van der Waals surface area contributed by atoms with E-state index in [4.69, 9.17) is 4.74 Å². The van der Waals surface area contributed by atoms with Crippen molar-refractivity contribution in [2.45, 2.75) is 44.6 Å². The summed E-state index contributed by atoms with van der Waals surface area (Å²) >= 11 is 0. The fraction of sp³-hybridized carbons (Fsp3) is 0.600. The molecule has 0 saturated carbocycles. The molecule has 0 bridgehead atoms. The van der Waals surface area contributed by atoms with Gasteiger partial charge in [-0.3, -0.25) is 0 Å². The predicted octanol–water partition coefficient (Wildman–Crippen LogP) is 2.14. The first-order chi connectivity index (χ1) is 9.74. The van der Waals surface area contributed by atoms with E-state index in [1.165, 1.54) is 0 Å². The quantitative estimate of drug-likeness (QED) is 0.722. The van der Waals surface area contributed by atoms with Crippen molar-refractivity contribution in [1.82, 2.24) is 10.0 Å². The van der Waals surface area contributed by atoms with Gasteiger partial charge in [0.2, 0.25) is 10.0 Å². The zero-order valence-electron chi connectivity index (χ0n) is 13.3. The van der Waals surface area contributed by atoms with Gasteiger partial charge in [0.05, 0.1) is 11.5 Å². The number of ether oxygens (including phenoxy) is 1. The van der Waals surface area contributed by atoms with Crippen molar-refractivity contribution in [2.24, 2.45) is 0 Å². The van der Waals surface area contributed by atoms with Crippen LogP contribution in [0.15, 0.2) is 29.2 Å². The molecule has 0 unspecified atom stereocenters. The molecule has 0 atom stereocenters. The summed E-state index contributed by atoms with van der Waals surface area (Å²) in [4.78, 5) is 0.248.